The summed E-state index contributed by atoms with van der Waals surface area (Å²) in [6.45, 7) is 19.9. The van der Waals surface area contributed by atoms with Gasteiger partial charge in [0, 0.05) is 81.9 Å². The fraction of sp³-hybridized carbons (Fsp3) is 0.537. The van der Waals surface area contributed by atoms with Gasteiger partial charge in [-0.25, -0.2) is 28.9 Å². The summed E-state index contributed by atoms with van der Waals surface area (Å²) in [6.07, 6.45) is 3.68. The zero-order valence-corrected chi connectivity index (χ0v) is 35.3. The first-order chi connectivity index (χ1) is 26.9. The molecular weight excluding hydrogens is 748 g/mol. The molecule has 57 heavy (non-hydrogen) atoms. The number of fused-ring (bicyclic) bond motifs is 1. The van der Waals surface area contributed by atoms with E-state index in [2.05, 4.69) is 65.6 Å². The maximum Gasteiger partial charge on any atom is 0.407 e. The summed E-state index contributed by atoms with van der Waals surface area (Å²) in [5.41, 5.74) is 3.16. The molecule has 0 radical (unpaired) electrons. The molecule has 14 nitrogen and oxygen atoms in total. The Morgan fingerprint density at radius 3 is 2.39 bits per heavy atom. The molecule has 3 N–H and O–H groups in total. The number of anilines is 1. The molecule has 2 aliphatic heterocycles. The van der Waals surface area contributed by atoms with Gasteiger partial charge in [0.15, 0.2) is 0 Å². The minimum atomic E-state index is -1.34. The number of halogens is 1. The lowest BCUT2D eigenvalue weighted by molar-refractivity contribution is -0.0965. The number of hydrogen-bond donors (Lipinski definition) is 3. The second-order valence-corrected chi connectivity index (χ2v) is 23.5. The van der Waals surface area contributed by atoms with Crippen LogP contribution in [-0.4, -0.2) is 129 Å². The number of ether oxygens (including phenoxy) is 2. The molecule has 0 spiro atoms. The lowest BCUT2D eigenvalue weighted by Crippen LogP contribution is -2.65. The van der Waals surface area contributed by atoms with E-state index in [1.165, 1.54) is 28.3 Å². The van der Waals surface area contributed by atoms with Crippen LogP contribution < -0.4 is 10.1 Å². The molecular formula is C41H57FN8O6Si. The monoisotopic (exact) mass is 804 g/mol. The molecule has 0 saturated carbocycles. The molecule has 1 aromatic carbocycles. The van der Waals surface area contributed by atoms with Crippen LogP contribution in [0.1, 0.15) is 39.2 Å². The Balaban J connectivity index is 1.21. The van der Waals surface area contributed by atoms with Gasteiger partial charge >= 0.3 is 12.1 Å². The van der Waals surface area contributed by atoms with E-state index in [-0.39, 0.29) is 25.2 Å². The van der Waals surface area contributed by atoms with Gasteiger partial charge in [0.25, 0.3) is 0 Å². The average Bonchev–Trinajstić information content (AvgIpc) is 3.50. The summed E-state index contributed by atoms with van der Waals surface area (Å²) in [4.78, 5) is 43.6. The number of benzene rings is 1. The van der Waals surface area contributed by atoms with Crippen molar-refractivity contribution >= 4 is 36.9 Å². The predicted molar refractivity (Wildman–Crippen MR) is 221 cm³/mol. The summed E-state index contributed by atoms with van der Waals surface area (Å²) in [5, 5.41) is 23.7. The van der Waals surface area contributed by atoms with E-state index in [1.807, 2.05) is 29.7 Å². The molecule has 0 unspecified atom stereocenters. The normalized spacial score (nSPS) is 16.2. The van der Waals surface area contributed by atoms with Crippen molar-refractivity contribution < 1.29 is 33.7 Å². The van der Waals surface area contributed by atoms with Crippen LogP contribution in [0.15, 0.2) is 42.9 Å². The maximum absolute atomic E-state index is 15.4. The topological polar surface area (TPSA) is 158 Å². The summed E-state index contributed by atoms with van der Waals surface area (Å²) in [5.74, 6) is -0.0357. The van der Waals surface area contributed by atoms with Crippen LogP contribution in [-0.2, 0) is 11.5 Å². The minimum Gasteiger partial charge on any atom is -0.478 e. The average molecular weight is 805 g/mol. The number of urea groups is 1. The summed E-state index contributed by atoms with van der Waals surface area (Å²) < 4.78 is 29.6. The molecule has 2 saturated heterocycles. The van der Waals surface area contributed by atoms with Gasteiger partial charge < -0.3 is 39.4 Å². The van der Waals surface area contributed by atoms with Crippen molar-refractivity contribution in [2.24, 2.45) is 5.41 Å². The number of nitrogens with zero attached hydrogens (tertiary/aromatic N) is 7. The number of likely N-dealkylation sites (tertiary alicyclic amines) is 1. The molecule has 5 heterocycles. The number of carbonyl (C=O) groups excluding carboxylic acids is 1. The fourth-order valence-corrected chi connectivity index (χ4v) is 8.34. The third-order valence-electron chi connectivity index (χ3n) is 10.4. The van der Waals surface area contributed by atoms with E-state index >= 15 is 4.39 Å². The Morgan fingerprint density at radius 1 is 1.00 bits per heavy atom. The molecule has 0 bridgehead atoms. The first-order valence-electron chi connectivity index (χ1n) is 19.7. The Labute approximate surface area is 335 Å². The number of hydrogen-bond acceptors (Lipinski definition) is 9. The van der Waals surface area contributed by atoms with Crippen molar-refractivity contribution in [2.75, 3.05) is 64.3 Å². The van der Waals surface area contributed by atoms with Crippen LogP contribution in [0.4, 0.5) is 19.7 Å². The van der Waals surface area contributed by atoms with Crippen LogP contribution in [0.25, 0.3) is 33.5 Å². The quantitative estimate of drug-likeness (QED) is 0.0896. The van der Waals surface area contributed by atoms with E-state index in [0.29, 0.717) is 85.2 Å². The maximum atomic E-state index is 15.4. The molecule has 2 fully saturated rings. The van der Waals surface area contributed by atoms with Crippen LogP contribution in [0.2, 0.25) is 25.7 Å². The van der Waals surface area contributed by atoms with E-state index in [4.69, 9.17) is 9.47 Å². The van der Waals surface area contributed by atoms with Gasteiger partial charge in [0.2, 0.25) is 5.88 Å². The molecule has 4 aromatic rings. The minimum absolute atomic E-state index is 0.0904. The lowest BCUT2D eigenvalue weighted by atomic mass is 9.78. The van der Waals surface area contributed by atoms with E-state index in [1.54, 1.807) is 6.20 Å². The van der Waals surface area contributed by atoms with Crippen molar-refractivity contribution in [2.45, 2.75) is 78.6 Å². The van der Waals surface area contributed by atoms with Crippen LogP contribution in [0.3, 0.4) is 0 Å². The standard InChI is InChI=1S/C41H57FN8O6Si/c1-28-31(19-30(42)20-33(28)46-38(51)49-24-41(54,25-49)23-40(2,3)4)36-32-21-34(50(37(32)45-26-44-36)27-55-17-18-57(5,6)7)29-9-10-35(43-22-29)56-16-8-11-47-12-14-48(15-13-47)39(52)53/h9-10,19-22,26,54H,8,11-18,23-25,27H2,1-7H3,(H,46,51)(H,52,53). The zero-order valence-electron chi connectivity index (χ0n) is 34.3. The number of carboxylic acid groups (broad SMARTS) is 1. The Kier molecular flexibility index (Phi) is 12.6. The van der Waals surface area contributed by atoms with Crippen molar-refractivity contribution in [1.82, 2.24) is 34.2 Å². The Bertz CT molecular complexity index is 2050. The molecule has 3 amide bonds. The summed E-state index contributed by atoms with van der Waals surface area (Å²) in [6, 6.07) is 9.05. The fourth-order valence-electron chi connectivity index (χ4n) is 7.58. The first kappa shape index (κ1) is 42.0. The van der Waals surface area contributed by atoms with Crippen LogP contribution in [0, 0.1) is 18.2 Å². The summed E-state index contributed by atoms with van der Waals surface area (Å²) >= 11 is 0. The van der Waals surface area contributed by atoms with Gasteiger partial charge in [-0.1, -0.05) is 40.4 Å². The van der Waals surface area contributed by atoms with E-state index < -0.39 is 31.6 Å². The molecule has 0 aliphatic carbocycles. The molecule has 0 atom stereocenters. The molecule has 6 rings (SSSR count). The molecule has 16 heteroatoms. The molecule has 3 aromatic heterocycles. The third kappa shape index (κ3) is 10.7. The number of rotatable bonds is 14. The number of aliphatic hydroxyl groups is 1. The van der Waals surface area contributed by atoms with Gasteiger partial charge in [-0.2, -0.15) is 0 Å². The largest absolute Gasteiger partial charge is 0.478 e. The molecule has 2 aliphatic rings. The van der Waals surface area contributed by atoms with Gasteiger partial charge in [0.1, 0.15) is 30.1 Å². The molecule has 308 valence electrons. The highest BCUT2D eigenvalue weighted by atomic mass is 28.3. The Hall–Kier alpha value is -4.64. The van der Waals surface area contributed by atoms with Crippen molar-refractivity contribution in [3.8, 4) is 28.4 Å². The number of piperazine rings is 1. The van der Waals surface area contributed by atoms with Crippen molar-refractivity contribution in [3.05, 3.63) is 54.2 Å². The number of nitrogens with one attached hydrogen (secondary N) is 1. The van der Waals surface area contributed by atoms with E-state index in [9.17, 15) is 19.8 Å². The van der Waals surface area contributed by atoms with Gasteiger partial charge in [-0.3, -0.25) is 4.90 Å². The highest BCUT2D eigenvalue weighted by Crippen LogP contribution is 2.38. The second kappa shape index (κ2) is 17.1. The van der Waals surface area contributed by atoms with Crippen LogP contribution >= 0.6 is 0 Å². The van der Waals surface area contributed by atoms with E-state index in [0.717, 1.165) is 30.3 Å². The van der Waals surface area contributed by atoms with Gasteiger partial charge in [-0.05, 0) is 61.1 Å². The smallest absolute Gasteiger partial charge is 0.407 e. The zero-order chi connectivity index (χ0) is 41.1. The predicted octanol–water partition coefficient (Wildman–Crippen LogP) is 7.00. The lowest BCUT2D eigenvalue weighted by Gasteiger charge is -2.48. The van der Waals surface area contributed by atoms with Gasteiger partial charge in [-0.15, -0.1) is 0 Å². The van der Waals surface area contributed by atoms with Crippen molar-refractivity contribution in [1.29, 1.82) is 0 Å². The highest BCUT2D eigenvalue weighted by molar-refractivity contribution is 6.76. The number of carbonyl (C=O) groups is 2. The number of aromatic nitrogens is 4. The Morgan fingerprint density at radius 2 is 1.74 bits per heavy atom. The first-order valence-corrected chi connectivity index (χ1v) is 23.4. The number of pyridine rings is 1. The van der Waals surface area contributed by atoms with Crippen molar-refractivity contribution in [3.63, 3.8) is 0 Å². The number of amides is 3. The third-order valence-corrected chi connectivity index (χ3v) is 12.1. The SMILES string of the molecule is Cc1c(NC(=O)N2CC(O)(CC(C)(C)C)C2)cc(F)cc1-c1ncnc2c1cc(-c1ccc(OCCCN3CCN(C(=O)O)CC3)nc1)n2COCC[Si](C)(C)C. The second-order valence-electron chi connectivity index (χ2n) is 17.8. The van der Waals surface area contributed by atoms with Gasteiger partial charge in [0.05, 0.1) is 31.1 Å². The van der Waals surface area contributed by atoms with Crippen LogP contribution in [0.5, 0.6) is 5.88 Å². The highest BCUT2D eigenvalue weighted by Gasteiger charge is 2.45. The number of β-amino-alcohol motifs (C(OH)–C–C–N with tert-alkyl or cyclic N) is 1. The summed E-state index contributed by atoms with van der Waals surface area (Å²) in [7, 11) is -1.34.